The molecule has 17 heavy (non-hydrogen) atoms. The molecule has 1 aromatic heterocycles. The van der Waals surface area contributed by atoms with Gasteiger partial charge in [0.15, 0.2) is 0 Å². The SMILES string of the molecule is Cc1ccsc1C(C)NCCCOCC(C)C. The first-order chi connectivity index (χ1) is 8.11. The molecule has 3 heteroatoms. The Balaban J connectivity index is 2.09. The van der Waals surface area contributed by atoms with E-state index in [9.17, 15) is 0 Å². The summed E-state index contributed by atoms with van der Waals surface area (Å²) in [7, 11) is 0. The molecular formula is C14H25NOS. The van der Waals surface area contributed by atoms with Crippen LogP contribution in [0.5, 0.6) is 0 Å². The molecule has 0 aromatic carbocycles. The van der Waals surface area contributed by atoms with Crippen molar-refractivity contribution in [2.45, 2.75) is 40.2 Å². The van der Waals surface area contributed by atoms with E-state index in [0.29, 0.717) is 12.0 Å². The maximum atomic E-state index is 5.55. The monoisotopic (exact) mass is 255 g/mol. The van der Waals surface area contributed by atoms with E-state index >= 15 is 0 Å². The molecule has 1 heterocycles. The van der Waals surface area contributed by atoms with Gasteiger partial charge < -0.3 is 10.1 Å². The molecule has 1 rings (SSSR count). The molecule has 0 aliphatic carbocycles. The van der Waals surface area contributed by atoms with Gasteiger partial charge in [-0.1, -0.05) is 13.8 Å². The standard InChI is InChI=1S/C14H25NOS/c1-11(2)10-16-8-5-7-15-13(4)14-12(3)6-9-17-14/h6,9,11,13,15H,5,7-8,10H2,1-4H3. The first-order valence-electron chi connectivity index (χ1n) is 6.46. The van der Waals surface area contributed by atoms with Gasteiger partial charge in [0.2, 0.25) is 0 Å². The van der Waals surface area contributed by atoms with Gasteiger partial charge in [-0.05, 0) is 49.7 Å². The Morgan fingerprint density at radius 3 is 2.71 bits per heavy atom. The van der Waals surface area contributed by atoms with Crippen molar-refractivity contribution in [2.24, 2.45) is 5.92 Å². The highest BCUT2D eigenvalue weighted by molar-refractivity contribution is 7.10. The molecule has 1 N–H and O–H groups in total. The van der Waals surface area contributed by atoms with E-state index in [2.05, 4.69) is 44.5 Å². The summed E-state index contributed by atoms with van der Waals surface area (Å²) in [5, 5.41) is 5.71. The predicted molar refractivity (Wildman–Crippen MR) is 75.7 cm³/mol. The van der Waals surface area contributed by atoms with Gasteiger partial charge in [-0.2, -0.15) is 0 Å². The van der Waals surface area contributed by atoms with Crippen LogP contribution in [-0.4, -0.2) is 19.8 Å². The molecule has 0 radical (unpaired) electrons. The summed E-state index contributed by atoms with van der Waals surface area (Å²) < 4.78 is 5.55. The van der Waals surface area contributed by atoms with E-state index in [0.717, 1.165) is 26.2 Å². The smallest absolute Gasteiger partial charge is 0.0489 e. The molecule has 1 atom stereocenters. The van der Waals surface area contributed by atoms with Crippen LogP contribution >= 0.6 is 11.3 Å². The zero-order chi connectivity index (χ0) is 12.7. The van der Waals surface area contributed by atoms with Gasteiger partial charge in [0, 0.05) is 24.1 Å². The zero-order valence-electron chi connectivity index (χ0n) is 11.5. The highest BCUT2D eigenvalue weighted by atomic mass is 32.1. The van der Waals surface area contributed by atoms with Crippen LogP contribution in [0.15, 0.2) is 11.4 Å². The fraction of sp³-hybridized carbons (Fsp3) is 0.714. The van der Waals surface area contributed by atoms with Crippen LogP contribution < -0.4 is 5.32 Å². The molecule has 0 aliphatic rings. The summed E-state index contributed by atoms with van der Waals surface area (Å²) >= 11 is 1.84. The summed E-state index contributed by atoms with van der Waals surface area (Å²) in [6.45, 7) is 11.5. The van der Waals surface area contributed by atoms with Crippen molar-refractivity contribution >= 4 is 11.3 Å². The van der Waals surface area contributed by atoms with Gasteiger partial charge >= 0.3 is 0 Å². The Hall–Kier alpha value is -0.380. The third kappa shape index (κ3) is 5.66. The largest absolute Gasteiger partial charge is 0.381 e. The Morgan fingerprint density at radius 2 is 2.12 bits per heavy atom. The van der Waals surface area contributed by atoms with Crippen molar-refractivity contribution in [1.82, 2.24) is 5.32 Å². The third-order valence-electron chi connectivity index (χ3n) is 2.66. The molecule has 2 nitrogen and oxygen atoms in total. The minimum Gasteiger partial charge on any atom is -0.381 e. The molecule has 0 spiro atoms. The molecule has 0 saturated carbocycles. The molecule has 0 amide bonds. The summed E-state index contributed by atoms with van der Waals surface area (Å²) in [5.74, 6) is 0.635. The Kier molecular flexibility index (Phi) is 6.78. The lowest BCUT2D eigenvalue weighted by molar-refractivity contribution is 0.107. The van der Waals surface area contributed by atoms with Crippen LogP contribution in [0.1, 0.15) is 43.7 Å². The van der Waals surface area contributed by atoms with Crippen molar-refractivity contribution in [3.05, 3.63) is 21.9 Å². The lowest BCUT2D eigenvalue weighted by Crippen LogP contribution is -2.21. The van der Waals surface area contributed by atoms with E-state index in [-0.39, 0.29) is 0 Å². The van der Waals surface area contributed by atoms with Gasteiger partial charge in [-0.3, -0.25) is 0 Å². The van der Waals surface area contributed by atoms with Crippen LogP contribution in [0.4, 0.5) is 0 Å². The lowest BCUT2D eigenvalue weighted by atomic mass is 10.2. The third-order valence-corrected chi connectivity index (χ3v) is 3.86. The molecule has 0 saturated heterocycles. The second-order valence-corrected chi connectivity index (χ2v) is 5.91. The number of thiophene rings is 1. The Bertz CT molecular complexity index is 309. The summed E-state index contributed by atoms with van der Waals surface area (Å²) in [6, 6.07) is 2.64. The number of hydrogen-bond donors (Lipinski definition) is 1. The molecule has 0 aliphatic heterocycles. The van der Waals surface area contributed by atoms with Crippen LogP contribution in [0, 0.1) is 12.8 Å². The number of rotatable bonds is 8. The average molecular weight is 255 g/mol. The number of nitrogens with one attached hydrogen (secondary N) is 1. The van der Waals surface area contributed by atoms with Gasteiger partial charge in [0.25, 0.3) is 0 Å². The summed E-state index contributed by atoms with van der Waals surface area (Å²) in [6.07, 6.45) is 1.08. The minimum atomic E-state index is 0.458. The highest BCUT2D eigenvalue weighted by Gasteiger charge is 2.08. The average Bonchev–Trinajstić information content (AvgIpc) is 2.69. The van der Waals surface area contributed by atoms with Crippen molar-refractivity contribution < 1.29 is 4.74 Å². The van der Waals surface area contributed by atoms with Crippen LogP contribution in [-0.2, 0) is 4.74 Å². The van der Waals surface area contributed by atoms with E-state index < -0.39 is 0 Å². The van der Waals surface area contributed by atoms with Gasteiger partial charge in [0.05, 0.1) is 0 Å². The normalized spacial score (nSPS) is 13.2. The van der Waals surface area contributed by atoms with Crippen LogP contribution in [0.2, 0.25) is 0 Å². The van der Waals surface area contributed by atoms with Gasteiger partial charge in [-0.25, -0.2) is 0 Å². The number of aryl methyl sites for hydroxylation is 1. The quantitative estimate of drug-likeness (QED) is 0.714. The molecule has 0 bridgehead atoms. The molecule has 1 unspecified atom stereocenters. The van der Waals surface area contributed by atoms with Crippen LogP contribution in [0.25, 0.3) is 0 Å². The van der Waals surface area contributed by atoms with E-state index in [1.165, 1.54) is 10.4 Å². The van der Waals surface area contributed by atoms with E-state index in [1.807, 2.05) is 11.3 Å². The predicted octanol–water partition coefficient (Wildman–Crippen LogP) is 3.77. The topological polar surface area (TPSA) is 21.3 Å². The summed E-state index contributed by atoms with van der Waals surface area (Å²) in [4.78, 5) is 1.45. The van der Waals surface area contributed by atoms with Crippen molar-refractivity contribution in [1.29, 1.82) is 0 Å². The van der Waals surface area contributed by atoms with E-state index in [4.69, 9.17) is 4.74 Å². The maximum Gasteiger partial charge on any atom is 0.0489 e. The first kappa shape index (κ1) is 14.7. The molecular weight excluding hydrogens is 230 g/mol. The first-order valence-corrected chi connectivity index (χ1v) is 7.34. The van der Waals surface area contributed by atoms with Crippen molar-refractivity contribution in [3.8, 4) is 0 Å². The Morgan fingerprint density at radius 1 is 1.35 bits per heavy atom. The van der Waals surface area contributed by atoms with Crippen molar-refractivity contribution in [3.63, 3.8) is 0 Å². The summed E-state index contributed by atoms with van der Waals surface area (Å²) in [5.41, 5.74) is 1.39. The Labute approximate surface area is 109 Å². The highest BCUT2D eigenvalue weighted by Crippen LogP contribution is 2.23. The fourth-order valence-electron chi connectivity index (χ4n) is 1.73. The second kappa shape index (κ2) is 7.85. The van der Waals surface area contributed by atoms with Gasteiger partial charge in [0.1, 0.15) is 0 Å². The van der Waals surface area contributed by atoms with E-state index in [1.54, 1.807) is 0 Å². The number of hydrogen-bond acceptors (Lipinski definition) is 3. The fourth-order valence-corrected chi connectivity index (χ4v) is 2.69. The number of ether oxygens (including phenoxy) is 1. The molecule has 98 valence electrons. The zero-order valence-corrected chi connectivity index (χ0v) is 12.3. The maximum absolute atomic E-state index is 5.55. The van der Waals surface area contributed by atoms with Gasteiger partial charge in [-0.15, -0.1) is 11.3 Å². The second-order valence-electron chi connectivity index (χ2n) is 4.97. The van der Waals surface area contributed by atoms with Crippen molar-refractivity contribution in [2.75, 3.05) is 19.8 Å². The van der Waals surface area contributed by atoms with Crippen LogP contribution in [0.3, 0.4) is 0 Å². The molecule has 0 fully saturated rings. The minimum absolute atomic E-state index is 0.458. The molecule has 1 aromatic rings. The lowest BCUT2D eigenvalue weighted by Gasteiger charge is -2.13.